The molecule has 1 heterocycles. The SMILES string of the molecule is COCCCNC(=O)c1cnc(Nc2ccc(F)c(F)c2F)cn1. The van der Waals surface area contributed by atoms with Crippen molar-refractivity contribution in [3.05, 3.63) is 47.7 Å². The zero-order valence-corrected chi connectivity index (χ0v) is 12.8. The summed E-state index contributed by atoms with van der Waals surface area (Å²) in [5.41, 5.74) is -0.219. The van der Waals surface area contributed by atoms with Crippen LogP contribution in [0.5, 0.6) is 0 Å². The van der Waals surface area contributed by atoms with Gasteiger partial charge in [0.1, 0.15) is 11.5 Å². The molecule has 0 aliphatic rings. The fourth-order valence-electron chi connectivity index (χ4n) is 1.78. The first-order valence-corrected chi connectivity index (χ1v) is 7.02. The van der Waals surface area contributed by atoms with Crippen molar-refractivity contribution in [3.63, 3.8) is 0 Å². The largest absolute Gasteiger partial charge is 0.385 e. The van der Waals surface area contributed by atoms with E-state index < -0.39 is 23.4 Å². The van der Waals surface area contributed by atoms with Crippen molar-refractivity contribution in [1.82, 2.24) is 15.3 Å². The topological polar surface area (TPSA) is 76.1 Å². The van der Waals surface area contributed by atoms with Crippen LogP contribution in [-0.2, 0) is 4.74 Å². The van der Waals surface area contributed by atoms with Crippen LogP contribution in [0.1, 0.15) is 16.9 Å². The van der Waals surface area contributed by atoms with Gasteiger partial charge in [0.15, 0.2) is 17.5 Å². The summed E-state index contributed by atoms with van der Waals surface area (Å²) in [6.45, 7) is 0.947. The molecule has 0 unspecified atom stereocenters. The third-order valence-corrected chi connectivity index (χ3v) is 2.99. The van der Waals surface area contributed by atoms with Gasteiger partial charge in [-0.25, -0.2) is 23.1 Å². The number of aromatic nitrogens is 2. The highest BCUT2D eigenvalue weighted by Gasteiger charge is 2.14. The molecule has 6 nitrogen and oxygen atoms in total. The highest BCUT2D eigenvalue weighted by atomic mass is 19.2. The molecule has 9 heteroatoms. The minimum Gasteiger partial charge on any atom is -0.385 e. The number of carbonyl (C=O) groups is 1. The number of benzene rings is 1. The van der Waals surface area contributed by atoms with Gasteiger partial charge in [0.2, 0.25) is 0 Å². The number of carbonyl (C=O) groups excluding carboxylic acids is 1. The van der Waals surface area contributed by atoms with Crippen LogP contribution in [0.25, 0.3) is 0 Å². The smallest absolute Gasteiger partial charge is 0.271 e. The molecule has 0 aliphatic carbocycles. The first-order chi connectivity index (χ1) is 11.5. The van der Waals surface area contributed by atoms with Crippen LogP contribution >= 0.6 is 0 Å². The quantitative estimate of drug-likeness (QED) is 0.598. The molecule has 0 radical (unpaired) electrons. The van der Waals surface area contributed by atoms with Gasteiger partial charge in [0.25, 0.3) is 5.91 Å². The molecule has 1 aromatic carbocycles. The van der Waals surface area contributed by atoms with Crippen molar-refractivity contribution in [2.75, 3.05) is 25.6 Å². The Kier molecular flexibility index (Phi) is 6.07. The van der Waals surface area contributed by atoms with Crippen LogP contribution in [0, 0.1) is 17.5 Å². The average Bonchev–Trinajstić information content (AvgIpc) is 2.59. The van der Waals surface area contributed by atoms with Gasteiger partial charge >= 0.3 is 0 Å². The van der Waals surface area contributed by atoms with Crippen LogP contribution in [0.4, 0.5) is 24.7 Å². The molecule has 2 aromatic rings. The fraction of sp³-hybridized carbons (Fsp3) is 0.267. The third kappa shape index (κ3) is 4.42. The number of hydrogen-bond acceptors (Lipinski definition) is 5. The number of hydrogen-bond donors (Lipinski definition) is 2. The van der Waals surface area contributed by atoms with Crippen molar-refractivity contribution < 1.29 is 22.7 Å². The molecule has 0 fully saturated rings. The summed E-state index contributed by atoms with van der Waals surface area (Å²) in [6.07, 6.45) is 3.03. The number of nitrogens with zero attached hydrogens (tertiary/aromatic N) is 2. The monoisotopic (exact) mass is 340 g/mol. The molecule has 0 saturated heterocycles. The second kappa shape index (κ2) is 8.25. The number of halogens is 3. The van der Waals surface area contributed by atoms with E-state index in [1.807, 2.05) is 0 Å². The van der Waals surface area contributed by atoms with Gasteiger partial charge in [-0.3, -0.25) is 4.79 Å². The summed E-state index contributed by atoms with van der Waals surface area (Å²) >= 11 is 0. The minimum atomic E-state index is -1.58. The van der Waals surface area contributed by atoms with E-state index in [-0.39, 0.29) is 17.2 Å². The van der Waals surface area contributed by atoms with Crippen molar-refractivity contribution >= 4 is 17.4 Å². The Hall–Kier alpha value is -2.68. The van der Waals surface area contributed by atoms with Crippen LogP contribution in [0.2, 0.25) is 0 Å². The summed E-state index contributed by atoms with van der Waals surface area (Å²) in [5.74, 6) is -4.57. The number of anilines is 2. The summed E-state index contributed by atoms with van der Waals surface area (Å²) in [5, 5.41) is 5.10. The van der Waals surface area contributed by atoms with E-state index in [9.17, 15) is 18.0 Å². The normalized spacial score (nSPS) is 10.5. The Balaban J connectivity index is 1.99. The van der Waals surface area contributed by atoms with E-state index in [0.717, 1.165) is 12.1 Å². The van der Waals surface area contributed by atoms with Gasteiger partial charge in [-0.1, -0.05) is 0 Å². The maximum Gasteiger partial charge on any atom is 0.271 e. The summed E-state index contributed by atoms with van der Waals surface area (Å²) in [4.78, 5) is 19.6. The zero-order chi connectivity index (χ0) is 17.5. The Morgan fingerprint density at radius 1 is 1.17 bits per heavy atom. The number of ether oxygens (including phenoxy) is 1. The molecule has 1 aromatic heterocycles. The molecule has 24 heavy (non-hydrogen) atoms. The van der Waals surface area contributed by atoms with Crippen LogP contribution in [-0.4, -0.2) is 36.1 Å². The highest BCUT2D eigenvalue weighted by molar-refractivity contribution is 5.92. The second-order valence-corrected chi connectivity index (χ2v) is 4.74. The van der Waals surface area contributed by atoms with Crippen molar-refractivity contribution in [2.24, 2.45) is 0 Å². The number of amides is 1. The van der Waals surface area contributed by atoms with Crippen molar-refractivity contribution in [1.29, 1.82) is 0 Å². The summed E-state index contributed by atoms with van der Waals surface area (Å²) in [7, 11) is 1.56. The van der Waals surface area contributed by atoms with E-state index in [1.165, 1.54) is 12.4 Å². The summed E-state index contributed by atoms with van der Waals surface area (Å²) in [6, 6.07) is 1.82. The Labute approximate surface area is 136 Å². The van der Waals surface area contributed by atoms with Gasteiger partial charge in [-0.15, -0.1) is 0 Å². The lowest BCUT2D eigenvalue weighted by Gasteiger charge is -2.08. The van der Waals surface area contributed by atoms with Gasteiger partial charge in [-0.05, 0) is 18.6 Å². The number of rotatable bonds is 7. The van der Waals surface area contributed by atoms with Gasteiger partial charge in [-0.2, -0.15) is 0 Å². The molecule has 2 rings (SSSR count). The zero-order valence-electron chi connectivity index (χ0n) is 12.8. The number of nitrogens with one attached hydrogen (secondary N) is 2. The van der Waals surface area contributed by atoms with Gasteiger partial charge in [0.05, 0.1) is 18.1 Å². The standard InChI is InChI=1S/C15H15F3N4O2/c1-24-6-2-5-19-15(23)11-7-21-12(8-20-11)22-10-4-3-9(16)13(17)14(10)18/h3-4,7-8H,2,5-6H2,1H3,(H,19,23)(H,21,22). The first-order valence-electron chi connectivity index (χ1n) is 7.02. The van der Waals surface area contributed by atoms with Gasteiger partial charge < -0.3 is 15.4 Å². The van der Waals surface area contributed by atoms with Crippen LogP contribution in [0.15, 0.2) is 24.5 Å². The number of methoxy groups -OCH3 is 1. The minimum absolute atomic E-state index is 0.0729. The lowest BCUT2D eigenvalue weighted by atomic mass is 10.3. The Bertz CT molecular complexity index is 711. The molecule has 0 spiro atoms. The fourth-order valence-corrected chi connectivity index (χ4v) is 1.78. The molecule has 128 valence electrons. The van der Waals surface area contributed by atoms with E-state index in [2.05, 4.69) is 20.6 Å². The van der Waals surface area contributed by atoms with E-state index >= 15 is 0 Å². The molecule has 0 saturated carbocycles. The average molecular weight is 340 g/mol. The van der Waals surface area contributed by atoms with Crippen molar-refractivity contribution in [3.8, 4) is 0 Å². The van der Waals surface area contributed by atoms with E-state index in [0.29, 0.717) is 19.6 Å². The maximum atomic E-state index is 13.6. The third-order valence-electron chi connectivity index (χ3n) is 2.99. The molecular formula is C15H15F3N4O2. The molecule has 1 amide bonds. The highest BCUT2D eigenvalue weighted by Crippen LogP contribution is 2.22. The van der Waals surface area contributed by atoms with E-state index in [1.54, 1.807) is 7.11 Å². The van der Waals surface area contributed by atoms with Crippen LogP contribution < -0.4 is 10.6 Å². The lowest BCUT2D eigenvalue weighted by molar-refractivity contribution is 0.0943. The Morgan fingerprint density at radius 3 is 2.62 bits per heavy atom. The molecule has 0 atom stereocenters. The lowest BCUT2D eigenvalue weighted by Crippen LogP contribution is -2.26. The van der Waals surface area contributed by atoms with E-state index in [4.69, 9.17) is 4.74 Å². The maximum absolute atomic E-state index is 13.6. The predicted octanol–water partition coefficient (Wildman–Crippen LogP) is 2.40. The van der Waals surface area contributed by atoms with Crippen molar-refractivity contribution in [2.45, 2.75) is 6.42 Å². The van der Waals surface area contributed by atoms with Crippen LogP contribution in [0.3, 0.4) is 0 Å². The molecule has 0 bridgehead atoms. The Morgan fingerprint density at radius 2 is 1.96 bits per heavy atom. The van der Waals surface area contributed by atoms with Gasteiger partial charge in [0, 0.05) is 20.3 Å². The first kappa shape index (κ1) is 17.7. The molecule has 2 N–H and O–H groups in total. The predicted molar refractivity (Wildman–Crippen MR) is 80.5 cm³/mol. The summed E-state index contributed by atoms with van der Waals surface area (Å²) < 4.78 is 44.4. The second-order valence-electron chi connectivity index (χ2n) is 4.74. The molecule has 0 aliphatic heterocycles. The molecular weight excluding hydrogens is 325 g/mol.